The van der Waals surface area contributed by atoms with Gasteiger partial charge in [-0.1, -0.05) is 6.07 Å². The Hall–Kier alpha value is -1.11. The Morgan fingerprint density at radius 3 is 2.90 bits per heavy atom. The Balaban J connectivity index is 1.66. The van der Waals surface area contributed by atoms with Crippen LogP contribution in [0.1, 0.15) is 34.2 Å². The molecule has 0 spiro atoms. The van der Waals surface area contributed by atoms with Crippen LogP contribution in [0.3, 0.4) is 0 Å². The quantitative estimate of drug-likeness (QED) is 0.850. The van der Waals surface area contributed by atoms with Crippen LogP contribution in [0.25, 0.3) is 0 Å². The standard InChI is InChI=1S/C15H18BrN3OS/c16-11-8-12(17-9-11)15(20)18-10-13(14-4-3-7-21-14)19-5-1-2-6-19/h3-4,7-9,13,17H,1-2,5-6,10H2,(H,18,20). The number of hydrogen-bond acceptors (Lipinski definition) is 3. The Morgan fingerprint density at radius 1 is 1.48 bits per heavy atom. The monoisotopic (exact) mass is 367 g/mol. The molecule has 1 saturated heterocycles. The van der Waals surface area contributed by atoms with Crippen molar-refractivity contribution < 1.29 is 4.79 Å². The summed E-state index contributed by atoms with van der Waals surface area (Å²) in [6, 6.07) is 6.32. The lowest BCUT2D eigenvalue weighted by molar-refractivity contribution is 0.0934. The van der Waals surface area contributed by atoms with Gasteiger partial charge in [-0.2, -0.15) is 0 Å². The molecule has 21 heavy (non-hydrogen) atoms. The van der Waals surface area contributed by atoms with Gasteiger partial charge in [0.2, 0.25) is 0 Å². The van der Waals surface area contributed by atoms with Gasteiger partial charge in [-0.05, 0) is 59.4 Å². The molecule has 4 nitrogen and oxygen atoms in total. The number of carbonyl (C=O) groups excluding carboxylic acids is 1. The minimum Gasteiger partial charge on any atom is -0.356 e. The largest absolute Gasteiger partial charge is 0.356 e. The molecule has 1 aliphatic rings. The summed E-state index contributed by atoms with van der Waals surface area (Å²) in [7, 11) is 0. The van der Waals surface area contributed by atoms with E-state index in [2.05, 4.69) is 48.6 Å². The van der Waals surface area contributed by atoms with Gasteiger partial charge in [0.25, 0.3) is 5.91 Å². The highest BCUT2D eigenvalue weighted by atomic mass is 79.9. The Bertz CT molecular complexity index is 590. The van der Waals surface area contributed by atoms with Crippen molar-refractivity contribution in [3.05, 3.63) is 44.8 Å². The summed E-state index contributed by atoms with van der Waals surface area (Å²) in [5.41, 5.74) is 0.591. The van der Waals surface area contributed by atoms with Crippen molar-refractivity contribution in [3.63, 3.8) is 0 Å². The van der Waals surface area contributed by atoms with Gasteiger partial charge in [-0.15, -0.1) is 11.3 Å². The van der Waals surface area contributed by atoms with Crippen LogP contribution in [0.5, 0.6) is 0 Å². The summed E-state index contributed by atoms with van der Waals surface area (Å²) in [6.45, 7) is 2.88. The number of nitrogens with one attached hydrogen (secondary N) is 2. The van der Waals surface area contributed by atoms with Crippen LogP contribution in [0, 0.1) is 0 Å². The second kappa shape index (κ2) is 6.77. The fourth-order valence-corrected chi connectivity index (χ4v) is 3.93. The lowest BCUT2D eigenvalue weighted by atomic mass is 10.2. The summed E-state index contributed by atoms with van der Waals surface area (Å²) in [4.78, 5) is 18.9. The Labute approximate surface area is 136 Å². The first-order chi connectivity index (χ1) is 10.2. The first kappa shape index (κ1) is 14.8. The third-order valence-corrected chi connectivity index (χ3v) is 5.23. The zero-order valence-electron chi connectivity index (χ0n) is 11.6. The average molecular weight is 368 g/mol. The van der Waals surface area contributed by atoms with E-state index in [-0.39, 0.29) is 11.9 Å². The van der Waals surface area contributed by atoms with Gasteiger partial charge in [0.1, 0.15) is 5.69 Å². The predicted octanol–water partition coefficient (Wildman–Crippen LogP) is 3.41. The van der Waals surface area contributed by atoms with Gasteiger partial charge in [-0.3, -0.25) is 9.69 Å². The Morgan fingerprint density at radius 2 is 2.29 bits per heavy atom. The number of rotatable bonds is 5. The number of aromatic amines is 1. The van der Waals surface area contributed by atoms with Crippen molar-refractivity contribution in [1.29, 1.82) is 0 Å². The first-order valence-electron chi connectivity index (χ1n) is 7.13. The molecule has 2 aromatic rings. The van der Waals surface area contributed by atoms with E-state index in [9.17, 15) is 4.79 Å². The molecule has 2 aromatic heterocycles. The maximum absolute atomic E-state index is 12.2. The minimum absolute atomic E-state index is 0.0542. The van der Waals surface area contributed by atoms with Crippen molar-refractivity contribution in [2.24, 2.45) is 0 Å². The van der Waals surface area contributed by atoms with Crippen molar-refractivity contribution >= 4 is 33.2 Å². The van der Waals surface area contributed by atoms with E-state index in [1.807, 2.05) is 0 Å². The van der Waals surface area contributed by atoms with E-state index in [0.29, 0.717) is 12.2 Å². The zero-order valence-corrected chi connectivity index (χ0v) is 14.0. The third kappa shape index (κ3) is 3.56. The maximum atomic E-state index is 12.2. The topological polar surface area (TPSA) is 48.1 Å². The number of nitrogens with zero attached hydrogens (tertiary/aromatic N) is 1. The molecule has 1 fully saturated rings. The van der Waals surface area contributed by atoms with Gasteiger partial charge >= 0.3 is 0 Å². The highest BCUT2D eigenvalue weighted by Gasteiger charge is 2.24. The molecule has 0 aromatic carbocycles. The molecule has 2 N–H and O–H groups in total. The van der Waals surface area contributed by atoms with Crippen LogP contribution in [0.15, 0.2) is 34.2 Å². The number of hydrogen-bond donors (Lipinski definition) is 2. The molecule has 0 aliphatic carbocycles. The molecule has 3 rings (SSSR count). The van der Waals surface area contributed by atoms with Crippen molar-refractivity contribution in [2.45, 2.75) is 18.9 Å². The van der Waals surface area contributed by atoms with Gasteiger partial charge in [-0.25, -0.2) is 0 Å². The lowest BCUT2D eigenvalue weighted by Gasteiger charge is -2.26. The predicted molar refractivity (Wildman–Crippen MR) is 88.7 cm³/mol. The normalized spacial score (nSPS) is 17.0. The Kier molecular flexibility index (Phi) is 4.77. The van der Waals surface area contributed by atoms with Crippen LogP contribution < -0.4 is 5.32 Å². The van der Waals surface area contributed by atoms with Crippen LogP contribution in [-0.4, -0.2) is 35.4 Å². The van der Waals surface area contributed by atoms with E-state index in [4.69, 9.17) is 0 Å². The third-order valence-electron chi connectivity index (χ3n) is 3.80. The smallest absolute Gasteiger partial charge is 0.267 e. The number of carbonyl (C=O) groups is 1. The maximum Gasteiger partial charge on any atom is 0.267 e. The minimum atomic E-state index is -0.0542. The molecular weight excluding hydrogens is 350 g/mol. The second-order valence-corrected chi connectivity index (χ2v) is 7.11. The highest BCUT2D eigenvalue weighted by Crippen LogP contribution is 2.27. The van der Waals surface area contributed by atoms with Gasteiger partial charge < -0.3 is 10.3 Å². The van der Waals surface area contributed by atoms with Gasteiger partial charge in [0.05, 0.1) is 6.04 Å². The number of likely N-dealkylation sites (tertiary alicyclic amines) is 1. The molecule has 0 radical (unpaired) electrons. The molecule has 1 atom stereocenters. The van der Waals surface area contributed by atoms with E-state index in [1.165, 1.54) is 17.7 Å². The molecule has 112 valence electrons. The van der Waals surface area contributed by atoms with Crippen molar-refractivity contribution in [1.82, 2.24) is 15.2 Å². The molecule has 1 aliphatic heterocycles. The summed E-state index contributed by atoms with van der Waals surface area (Å²) in [5.74, 6) is -0.0542. The molecule has 1 unspecified atom stereocenters. The molecule has 0 saturated carbocycles. The van der Waals surface area contributed by atoms with Crippen LogP contribution >= 0.6 is 27.3 Å². The van der Waals surface area contributed by atoms with Crippen molar-refractivity contribution in [3.8, 4) is 0 Å². The summed E-state index contributed by atoms with van der Waals surface area (Å²) in [5, 5.41) is 5.15. The highest BCUT2D eigenvalue weighted by molar-refractivity contribution is 9.10. The number of thiophene rings is 1. The molecule has 3 heterocycles. The van der Waals surface area contributed by atoms with Crippen LogP contribution in [0.4, 0.5) is 0 Å². The lowest BCUT2D eigenvalue weighted by Crippen LogP contribution is -2.36. The molecule has 0 bridgehead atoms. The summed E-state index contributed by atoms with van der Waals surface area (Å²) < 4.78 is 0.891. The zero-order chi connectivity index (χ0) is 14.7. The SMILES string of the molecule is O=C(NCC(c1cccs1)N1CCCC1)c1cc(Br)c[nH]1. The number of aromatic nitrogens is 1. The van der Waals surface area contributed by atoms with E-state index in [0.717, 1.165) is 17.6 Å². The van der Waals surface area contributed by atoms with E-state index in [1.54, 1.807) is 23.6 Å². The number of halogens is 1. The van der Waals surface area contributed by atoms with Crippen LogP contribution in [-0.2, 0) is 0 Å². The van der Waals surface area contributed by atoms with E-state index >= 15 is 0 Å². The van der Waals surface area contributed by atoms with Gasteiger partial charge in [0.15, 0.2) is 0 Å². The molecule has 1 amide bonds. The molecular formula is C15H18BrN3OS. The van der Waals surface area contributed by atoms with Gasteiger partial charge in [0, 0.05) is 22.1 Å². The van der Waals surface area contributed by atoms with Crippen molar-refractivity contribution in [2.75, 3.05) is 19.6 Å². The van der Waals surface area contributed by atoms with E-state index < -0.39 is 0 Å². The first-order valence-corrected chi connectivity index (χ1v) is 8.81. The average Bonchev–Trinajstić information content (AvgIpc) is 3.21. The van der Waals surface area contributed by atoms with Crippen LogP contribution in [0.2, 0.25) is 0 Å². The fraction of sp³-hybridized carbons (Fsp3) is 0.400. The number of amides is 1. The second-order valence-electron chi connectivity index (χ2n) is 5.22. The fourth-order valence-electron chi connectivity index (χ4n) is 2.73. The molecule has 6 heteroatoms. The summed E-state index contributed by atoms with van der Waals surface area (Å²) in [6.07, 6.45) is 4.27. The summed E-state index contributed by atoms with van der Waals surface area (Å²) >= 11 is 5.11. The number of H-pyrrole nitrogens is 1.